The first-order valence-electron chi connectivity index (χ1n) is 5.49. The highest BCUT2D eigenvalue weighted by Crippen LogP contribution is 2.32. The van der Waals surface area contributed by atoms with Gasteiger partial charge in [0.2, 0.25) is 0 Å². The molecule has 0 amide bonds. The summed E-state index contributed by atoms with van der Waals surface area (Å²) in [4.78, 5) is 0. The molecule has 1 nitrogen and oxygen atoms in total. The molecule has 1 atom stereocenters. The summed E-state index contributed by atoms with van der Waals surface area (Å²) in [6.45, 7) is 0. The first-order chi connectivity index (χ1) is 8.89. The van der Waals surface area contributed by atoms with Crippen LogP contribution in [0.2, 0.25) is 0 Å². The van der Waals surface area contributed by atoms with Crippen molar-refractivity contribution in [3.05, 3.63) is 69.7 Å². The molecule has 19 heavy (non-hydrogen) atoms. The lowest BCUT2D eigenvalue weighted by atomic mass is 10.0. The normalized spacial score (nSPS) is 13.3. The fourth-order valence-electron chi connectivity index (χ4n) is 1.73. The van der Waals surface area contributed by atoms with E-state index in [0.717, 1.165) is 12.1 Å². The van der Waals surface area contributed by atoms with E-state index >= 15 is 0 Å². The van der Waals surface area contributed by atoms with E-state index in [1.807, 2.05) is 0 Å². The molecule has 0 heterocycles. The van der Waals surface area contributed by atoms with Gasteiger partial charge in [-0.1, -0.05) is 46.3 Å². The fraction of sp³-hybridized carbons (Fsp3) is 0.143. The van der Waals surface area contributed by atoms with Crippen molar-refractivity contribution >= 4 is 15.9 Å². The molecule has 5 heteroatoms. The molecule has 1 N–H and O–H groups in total. The van der Waals surface area contributed by atoms with Crippen LogP contribution in [0.5, 0.6) is 0 Å². The molecule has 0 saturated carbocycles. The van der Waals surface area contributed by atoms with Crippen molar-refractivity contribution in [2.45, 2.75) is 12.3 Å². The van der Waals surface area contributed by atoms with Crippen molar-refractivity contribution in [2.75, 3.05) is 0 Å². The molecule has 0 aliphatic heterocycles. The predicted molar refractivity (Wildman–Crippen MR) is 69.6 cm³/mol. The minimum Gasteiger partial charge on any atom is -0.384 e. The first-order valence-corrected chi connectivity index (χ1v) is 6.28. The highest BCUT2D eigenvalue weighted by atomic mass is 79.9. The zero-order chi connectivity index (χ0) is 14.0. The molecule has 0 aliphatic rings. The van der Waals surface area contributed by atoms with Crippen LogP contribution in [-0.4, -0.2) is 5.11 Å². The molecule has 0 bridgehead atoms. The Hall–Kier alpha value is -1.33. The third-order valence-electron chi connectivity index (χ3n) is 2.75. The zero-order valence-corrected chi connectivity index (χ0v) is 11.2. The molecule has 0 fully saturated rings. The molecule has 0 aromatic heterocycles. The summed E-state index contributed by atoms with van der Waals surface area (Å²) in [6, 6.07) is 11.5. The number of aliphatic hydroxyl groups is 1. The molecule has 0 spiro atoms. The van der Waals surface area contributed by atoms with Crippen LogP contribution in [0, 0.1) is 0 Å². The van der Waals surface area contributed by atoms with E-state index in [4.69, 9.17) is 0 Å². The van der Waals surface area contributed by atoms with E-state index in [9.17, 15) is 18.3 Å². The molecular weight excluding hydrogens is 321 g/mol. The Balaban J connectivity index is 2.31. The van der Waals surface area contributed by atoms with Gasteiger partial charge in [0, 0.05) is 4.47 Å². The van der Waals surface area contributed by atoms with Crippen LogP contribution in [0.1, 0.15) is 22.8 Å². The predicted octanol–water partition coefficient (Wildman–Crippen LogP) is 4.55. The Morgan fingerprint density at radius 1 is 0.947 bits per heavy atom. The monoisotopic (exact) mass is 330 g/mol. The highest BCUT2D eigenvalue weighted by Gasteiger charge is 2.30. The Morgan fingerprint density at radius 3 is 2.05 bits per heavy atom. The summed E-state index contributed by atoms with van der Waals surface area (Å²) in [5.74, 6) is 0. The Bertz CT molecular complexity index is 564. The van der Waals surface area contributed by atoms with E-state index in [1.165, 1.54) is 12.1 Å². The lowest BCUT2D eigenvalue weighted by Crippen LogP contribution is -2.06. The van der Waals surface area contributed by atoms with Crippen molar-refractivity contribution in [1.29, 1.82) is 0 Å². The summed E-state index contributed by atoms with van der Waals surface area (Å²) in [5, 5.41) is 10.2. The topological polar surface area (TPSA) is 20.2 Å². The van der Waals surface area contributed by atoms with Gasteiger partial charge in [0.15, 0.2) is 0 Å². The maximum absolute atomic E-state index is 12.4. The third-order valence-corrected chi connectivity index (χ3v) is 3.48. The van der Waals surface area contributed by atoms with E-state index in [1.54, 1.807) is 24.3 Å². The largest absolute Gasteiger partial charge is 0.416 e. The van der Waals surface area contributed by atoms with Gasteiger partial charge in [-0.05, 0) is 29.3 Å². The summed E-state index contributed by atoms with van der Waals surface area (Å²) in [6.07, 6.45) is -5.32. The van der Waals surface area contributed by atoms with Gasteiger partial charge in [-0.3, -0.25) is 0 Å². The number of rotatable bonds is 2. The smallest absolute Gasteiger partial charge is 0.384 e. The molecule has 0 saturated heterocycles. The summed E-state index contributed by atoms with van der Waals surface area (Å²) >= 11 is 3.30. The second kappa shape index (κ2) is 5.35. The van der Waals surface area contributed by atoms with Crippen molar-refractivity contribution in [2.24, 2.45) is 0 Å². The van der Waals surface area contributed by atoms with E-state index in [0.29, 0.717) is 15.6 Å². The maximum Gasteiger partial charge on any atom is 0.416 e. The van der Waals surface area contributed by atoms with Gasteiger partial charge in [0.05, 0.1) is 5.56 Å². The Morgan fingerprint density at radius 2 is 1.53 bits per heavy atom. The van der Waals surface area contributed by atoms with Crippen LogP contribution < -0.4 is 0 Å². The van der Waals surface area contributed by atoms with Crippen molar-refractivity contribution in [3.63, 3.8) is 0 Å². The van der Waals surface area contributed by atoms with Crippen molar-refractivity contribution < 1.29 is 18.3 Å². The van der Waals surface area contributed by atoms with Crippen LogP contribution in [0.4, 0.5) is 13.2 Å². The number of alkyl halides is 3. The van der Waals surface area contributed by atoms with Crippen LogP contribution in [0.25, 0.3) is 0 Å². The Labute approximate surface area is 116 Å². The molecule has 2 aromatic carbocycles. The van der Waals surface area contributed by atoms with E-state index in [2.05, 4.69) is 15.9 Å². The van der Waals surface area contributed by atoms with E-state index in [-0.39, 0.29) is 0 Å². The zero-order valence-electron chi connectivity index (χ0n) is 9.66. The third kappa shape index (κ3) is 3.16. The van der Waals surface area contributed by atoms with Gasteiger partial charge in [-0.25, -0.2) is 0 Å². The number of benzene rings is 2. The lowest BCUT2D eigenvalue weighted by Gasteiger charge is -2.14. The summed E-state index contributed by atoms with van der Waals surface area (Å²) < 4.78 is 38.0. The van der Waals surface area contributed by atoms with Crippen LogP contribution in [-0.2, 0) is 6.18 Å². The Kier molecular flexibility index (Phi) is 3.96. The van der Waals surface area contributed by atoms with Crippen molar-refractivity contribution in [3.8, 4) is 0 Å². The summed E-state index contributed by atoms with van der Waals surface area (Å²) in [5.41, 5.74) is 0.303. The van der Waals surface area contributed by atoms with Gasteiger partial charge in [-0.15, -0.1) is 0 Å². The standard InChI is InChI=1S/C14H10BrF3O/c15-12-4-2-1-3-11(12)13(19)9-5-7-10(8-6-9)14(16,17)18/h1-8,13,19H/t13-/m1/s1. The average Bonchev–Trinajstić information content (AvgIpc) is 2.38. The van der Waals surface area contributed by atoms with Crippen LogP contribution in [0.15, 0.2) is 53.0 Å². The summed E-state index contributed by atoms with van der Waals surface area (Å²) in [7, 11) is 0. The number of aliphatic hydroxyl groups excluding tert-OH is 1. The second-order valence-corrected chi connectivity index (χ2v) is 4.90. The van der Waals surface area contributed by atoms with Gasteiger partial charge in [0.1, 0.15) is 6.10 Å². The minimum absolute atomic E-state index is 0.417. The maximum atomic E-state index is 12.4. The molecular formula is C14H10BrF3O. The fourth-order valence-corrected chi connectivity index (χ4v) is 2.23. The second-order valence-electron chi connectivity index (χ2n) is 4.04. The minimum atomic E-state index is -4.36. The molecule has 0 radical (unpaired) electrons. The molecule has 0 aliphatic carbocycles. The lowest BCUT2D eigenvalue weighted by molar-refractivity contribution is -0.137. The number of hydrogen-bond donors (Lipinski definition) is 1. The first kappa shape index (κ1) is 14.1. The van der Waals surface area contributed by atoms with Gasteiger partial charge < -0.3 is 5.11 Å². The molecule has 0 unspecified atom stereocenters. The molecule has 2 aromatic rings. The van der Waals surface area contributed by atoms with Gasteiger partial charge in [-0.2, -0.15) is 13.2 Å². The number of halogens is 4. The van der Waals surface area contributed by atoms with Gasteiger partial charge >= 0.3 is 6.18 Å². The SMILES string of the molecule is O[C@H](c1ccc(C(F)(F)F)cc1)c1ccccc1Br. The quantitative estimate of drug-likeness (QED) is 0.856. The molecule has 2 rings (SSSR count). The highest BCUT2D eigenvalue weighted by molar-refractivity contribution is 9.10. The molecule has 100 valence electrons. The van der Waals surface area contributed by atoms with E-state index < -0.39 is 17.8 Å². The van der Waals surface area contributed by atoms with Crippen molar-refractivity contribution in [1.82, 2.24) is 0 Å². The van der Waals surface area contributed by atoms with Crippen LogP contribution in [0.3, 0.4) is 0 Å². The van der Waals surface area contributed by atoms with Gasteiger partial charge in [0.25, 0.3) is 0 Å². The number of hydrogen-bond acceptors (Lipinski definition) is 1. The average molecular weight is 331 g/mol. The van der Waals surface area contributed by atoms with Crippen LogP contribution >= 0.6 is 15.9 Å².